The van der Waals surface area contributed by atoms with Crippen molar-refractivity contribution in [3.8, 4) is 0 Å². The van der Waals surface area contributed by atoms with E-state index >= 15 is 0 Å². The molecule has 0 spiro atoms. The molecule has 13 heavy (non-hydrogen) atoms. The van der Waals surface area contributed by atoms with Crippen molar-refractivity contribution in [2.24, 2.45) is 0 Å². The van der Waals surface area contributed by atoms with E-state index in [4.69, 9.17) is 10.2 Å². The van der Waals surface area contributed by atoms with Crippen molar-refractivity contribution in [3.63, 3.8) is 0 Å². The summed E-state index contributed by atoms with van der Waals surface area (Å²) in [5.74, 6) is -1.65. The zero-order valence-corrected chi connectivity index (χ0v) is 7.65. The van der Waals surface area contributed by atoms with Crippen molar-refractivity contribution in [1.29, 1.82) is 0 Å². The summed E-state index contributed by atoms with van der Waals surface area (Å²) >= 11 is 0. The van der Waals surface area contributed by atoms with Crippen LogP contribution in [0.4, 0.5) is 0 Å². The van der Waals surface area contributed by atoms with Crippen LogP contribution in [0.1, 0.15) is 20.3 Å². The predicted molar refractivity (Wildman–Crippen MR) is 44.0 cm³/mol. The normalized spacial score (nSPS) is 17.6. The Kier molecular flexibility index (Phi) is 4.19. The fraction of sp³-hybridized carbons (Fsp3) is 0.750. The van der Waals surface area contributed by atoms with Crippen LogP contribution in [0.15, 0.2) is 0 Å². The van der Waals surface area contributed by atoms with Crippen LogP contribution >= 0.6 is 0 Å². The SMILES string of the molecule is CCC(=O)C(O)(C(C)=O)C(O)CO. The van der Waals surface area contributed by atoms with E-state index in [1.165, 1.54) is 6.92 Å². The highest BCUT2D eigenvalue weighted by molar-refractivity contribution is 6.09. The maximum Gasteiger partial charge on any atom is 0.209 e. The molecule has 0 bridgehead atoms. The highest BCUT2D eigenvalue weighted by Gasteiger charge is 2.46. The van der Waals surface area contributed by atoms with Gasteiger partial charge in [0.15, 0.2) is 11.6 Å². The molecule has 0 fully saturated rings. The van der Waals surface area contributed by atoms with Crippen molar-refractivity contribution >= 4 is 11.6 Å². The molecule has 0 rings (SSSR count). The van der Waals surface area contributed by atoms with Crippen molar-refractivity contribution in [2.75, 3.05) is 6.61 Å². The van der Waals surface area contributed by atoms with Crippen molar-refractivity contribution in [2.45, 2.75) is 32.0 Å². The average molecular weight is 190 g/mol. The third-order valence-electron chi connectivity index (χ3n) is 1.94. The summed E-state index contributed by atoms with van der Waals surface area (Å²) in [5, 5.41) is 27.2. The molecular formula is C8H14O5. The molecule has 0 amide bonds. The highest BCUT2D eigenvalue weighted by Crippen LogP contribution is 2.15. The summed E-state index contributed by atoms with van der Waals surface area (Å²) in [6.07, 6.45) is -1.83. The minimum atomic E-state index is -2.45. The Balaban J connectivity index is 4.94. The first-order valence-corrected chi connectivity index (χ1v) is 3.96. The first-order valence-electron chi connectivity index (χ1n) is 3.96. The van der Waals surface area contributed by atoms with Crippen molar-refractivity contribution in [1.82, 2.24) is 0 Å². The molecule has 5 nitrogen and oxygen atoms in total. The number of aliphatic hydroxyl groups is 3. The Morgan fingerprint density at radius 2 is 1.92 bits per heavy atom. The largest absolute Gasteiger partial charge is 0.394 e. The average Bonchev–Trinajstić information content (AvgIpc) is 2.13. The van der Waals surface area contributed by atoms with Crippen LogP contribution < -0.4 is 0 Å². The molecule has 0 aromatic heterocycles. The van der Waals surface area contributed by atoms with Gasteiger partial charge in [-0.2, -0.15) is 0 Å². The van der Waals surface area contributed by atoms with Gasteiger partial charge >= 0.3 is 0 Å². The Morgan fingerprint density at radius 3 is 2.15 bits per heavy atom. The third kappa shape index (κ3) is 2.12. The van der Waals surface area contributed by atoms with E-state index in [1.807, 2.05) is 0 Å². The van der Waals surface area contributed by atoms with Crippen LogP contribution in [-0.4, -0.2) is 45.2 Å². The van der Waals surface area contributed by atoms with Gasteiger partial charge in [0.25, 0.3) is 0 Å². The van der Waals surface area contributed by atoms with Gasteiger partial charge in [0, 0.05) is 6.42 Å². The van der Waals surface area contributed by atoms with Crippen LogP contribution in [0, 0.1) is 0 Å². The molecule has 0 aliphatic carbocycles. The van der Waals surface area contributed by atoms with Crippen LogP contribution in [-0.2, 0) is 9.59 Å². The van der Waals surface area contributed by atoms with Gasteiger partial charge < -0.3 is 15.3 Å². The van der Waals surface area contributed by atoms with E-state index in [0.717, 1.165) is 6.92 Å². The lowest BCUT2D eigenvalue weighted by atomic mass is 9.87. The molecule has 0 saturated carbocycles. The van der Waals surface area contributed by atoms with Gasteiger partial charge in [-0.05, 0) is 6.92 Å². The first kappa shape index (κ1) is 12.2. The molecule has 3 N–H and O–H groups in total. The smallest absolute Gasteiger partial charge is 0.209 e. The van der Waals surface area contributed by atoms with Crippen LogP contribution in [0.2, 0.25) is 0 Å². The van der Waals surface area contributed by atoms with Gasteiger partial charge in [0.05, 0.1) is 6.61 Å². The molecule has 2 atom stereocenters. The van der Waals surface area contributed by atoms with E-state index in [0.29, 0.717) is 0 Å². The summed E-state index contributed by atoms with van der Waals surface area (Å²) in [7, 11) is 0. The number of hydrogen-bond acceptors (Lipinski definition) is 5. The lowest BCUT2D eigenvalue weighted by Gasteiger charge is -2.27. The second-order valence-electron chi connectivity index (χ2n) is 2.80. The maximum absolute atomic E-state index is 11.1. The van der Waals surface area contributed by atoms with E-state index in [1.54, 1.807) is 0 Å². The molecule has 2 unspecified atom stereocenters. The summed E-state index contributed by atoms with van der Waals surface area (Å²) < 4.78 is 0. The monoisotopic (exact) mass is 190 g/mol. The van der Waals surface area contributed by atoms with Crippen molar-refractivity contribution in [3.05, 3.63) is 0 Å². The molecule has 5 heteroatoms. The van der Waals surface area contributed by atoms with Gasteiger partial charge in [0.2, 0.25) is 5.60 Å². The summed E-state index contributed by atoms with van der Waals surface area (Å²) in [6.45, 7) is 1.62. The van der Waals surface area contributed by atoms with E-state index in [2.05, 4.69) is 0 Å². The zero-order valence-electron chi connectivity index (χ0n) is 7.65. The Morgan fingerprint density at radius 1 is 1.46 bits per heavy atom. The molecule has 0 aromatic carbocycles. The third-order valence-corrected chi connectivity index (χ3v) is 1.94. The Labute approximate surface area is 76.0 Å². The van der Waals surface area contributed by atoms with Crippen LogP contribution in [0.5, 0.6) is 0 Å². The number of carbonyl (C=O) groups excluding carboxylic acids is 2. The lowest BCUT2D eigenvalue weighted by molar-refractivity contribution is -0.164. The molecule has 0 heterocycles. The van der Waals surface area contributed by atoms with E-state index < -0.39 is 29.9 Å². The number of aliphatic hydroxyl groups excluding tert-OH is 2. The predicted octanol–water partition coefficient (Wildman–Crippen LogP) is -1.36. The van der Waals surface area contributed by atoms with E-state index in [-0.39, 0.29) is 6.42 Å². The fourth-order valence-corrected chi connectivity index (χ4v) is 1.02. The molecule has 0 saturated heterocycles. The van der Waals surface area contributed by atoms with Crippen molar-refractivity contribution < 1.29 is 24.9 Å². The molecular weight excluding hydrogens is 176 g/mol. The van der Waals surface area contributed by atoms with Gasteiger partial charge in [-0.15, -0.1) is 0 Å². The molecule has 0 aliphatic rings. The highest BCUT2D eigenvalue weighted by atomic mass is 16.4. The molecule has 0 aromatic rings. The number of carbonyl (C=O) groups is 2. The quantitative estimate of drug-likeness (QED) is 0.465. The van der Waals surface area contributed by atoms with Gasteiger partial charge in [-0.3, -0.25) is 9.59 Å². The number of ketones is 2. The Hall–Kier alpha value is -0.780. The van der Waals surface area contributed by atoms with E-state index in [9.17, 15) is 14.7 Å². The second kappa shape index (κ2) is 4.45. The molecule has 0 aliphatic heterocycles. The number of rotatable bonds is 5. The zero-order chi connectivity index (χ0) is 10.6. The second-order valence-corrected chi connectivity index (χ2v) is 2.80. The Bertz CT molecular complexity index is 213. The summed E-state index contributed by atoms with van der Waals surface area (Å²) in [6, 6.07) is 0. The minimum Gasteiger partial charge on any atom is -0.394 e. The van der Waals surface area contributed by atoms with Crippen LogP contribution in [0.25, 0.3) is 0 Å². The lowest BCUT2D eigenvalue weighted by Crippen LogP contribution is -2.56. The number of hydrogen-bond donors (Lipinski definition) is 3. The minimum absolute atomic E-state index is 0.0762. The standard InChI is InChI=1S/C8H14O5/c1-3-6(11)8(13,5(2)10)7(12)4-9/h7,9,12-13H,3-4H2,1-2H3. The van der Waals surface area contributed by atoms with Gasteiger partial charge in [-0.1, -0.05) is 6.92 Å². The summed E-state index contributed by atoms with van der Waals surface area (Å²) in [5.41, 5.74) is -2.45. The van der Waals surface area contributed by atoms with Gasteiger partial charge in [-0.25, -0.2) is 0 Å². The topological polar surface area (TPSA) is 94.8 Å². The van der Waals surface area contributed by atoms with Gasteiger partial charge in [0.1, 0.15) is 6.10 Å². The molecule has 76 valence electrons. The summed E-state index contributed by atoms with van der Waals surface area (Å²) in [4.78, 5) is 22.1. The number of Topliss-reactive ketones (excluding diaryl/α,β-unsaturated/α-hetero) is 2. The van der Waals surface area contributed by atoms with Crippen LogP contribution in [0.3, 0.4) is 0 Å². The molecule has 0 radical (unpaired) electrons. The maximum atomic E-state index is 11.1. The first-order chi connectivity index (χ1) is 5.91. The fourth-order valence-electron chi connectivity index (χ4n) is 1.02.